The molecule has 0 aromatic rings. The molecule has 0 saturated carbocycles. The average molecular weight is 170 g/mol. The minimum atomic E-state index is 0.701. The fraction of sp³-hybridized carbons (Fsp3) is 0.625. The van der Waals surface area contributed by atoms with Gasteiger partial charge >= 0.3 is 0 Å². The van der Waals surface area contributed by atoms with Crippen LogP contribution in [0.25, 0.3) is 0 Å². The summed E-state index contributed by atoms with van der Waals surface area (Å²) in [6, 6.07) is 0. The van der Waals surface area contributed by atoms with Gasteiger partial charge in [-0.25, -0.2) is 0 Å². The van der Waals surface area contributed by atoms with Gasteiger partial charge in [-0.05, 0) is 25.0 Å². The molecule has 0 amide bonds. The summed E-state index contributed by atoms with van der Waals surface area (Å²) in [6.45, 7) is 2.00. The molecule has 0 fully saturated rings. The van der Waals surface area contributed by atoms with Crippen LogP contribution in [0.5, 0.6) is 0 Å². The van der Waals surface area contributed by atoms with Crippen LogP contribution in [0.1, 0.15) is 26.2 Å². The van der Waals surface area contributed by atoms with Crippen LogP contribution in [0, 0.1) is 5.41 Å². The lowest BCUT2D eigenvalue weighted by Crippen LogP contribution is -2.12. The van der Waals surface area contributed by atoms with Crippen LogP contribution in [-0.2, 0) is 0 Å². The van der Waals surface area contributed by atoms with Crippen molar-refractivity contribution >= 4 is 17.5 Å². The minimum absolute atomic E-state index is 0.701. The van der Waals surface area contributed by atoms with Crippen molar-refractivity contribution < 1.29 is 0 Å². The van der Waals surface area contributed by atoms with Gasteiger partial charge in [0.15, 0.2) is 0 Å². The molecule has 11 heavy (non-hydrogen) atoms. The van der Waals surface area contributed by atoms with Crippen molar-refractivity contribution in [3.8, 4) is 0 Å². The molecule has 62 valence electrons. The fourth-order valence-corrected chi connectivity index (χ4v) is 2.18. The number of thioether (sulfide) groups is 1. The summed E-state index contributed by atoms with van der Waals surface area (Å²) in [4.78, 5) is 1.04. The summed E-state index contributed by atoms with van der Waals surface area (Å²) >= 11 is 1.73. The normalized spacial score (nSPS) is 18.6. The first-order chi connectivity index (χ1) is 5.25. The zero-order chi connectivity index (χ0) is 8.27. The summed E-state index contributed by atoms with van der Waals surface area (Å²) in [5, 5.41) is 7.60. The van der Waals surface area contributed by atoms with E-state index in [1.165, 1.54) is 0 Å². The van der Waals surface area contributed by atoms with Gasteiger partial charge in [0, 0.05) is 16.3 Å². The predicted molar refractivity (Wildman–Crippen MR) is 50.9 cm³/mol. The van der Waals surface area contributed by atoms with Crippen LogP contribution in [0.2, 0.25) is 0 Å². The molecule has 1 rings (SSSR count). The number of hydrogen-bond donors (Lipinski definition) is 2. The van der Waals surface area contributed by atoms with E-state index in [0.29, 0.717) is 5.71 Å². The van der Waals surface area contributed by atoms with Gasteiger partial charge in [0.05, 0.1) is 0 Å². The molecule has 3 heteroatoms. The van der Waals surface area contributed by atoms with E-state index in [0.717, 1.165) is 35.6 Å². The van der Waals surface area contributed by atoms with Gasteiger partial charge in [-0.15, -0.1) is 11.8 Å². The Kier molecular flexibility index (Phi) is 3.00. The largest absolute Gasteiger partial charge is 0.401 e. The number of rotatable bonds is 2. The van der Waals surface area contributed by atoms with Crippen molar-refractivity contribution in [1.82, 2.24) is 0 Å². The van der Waals surface area contributed by atoms with Gasteiger partial charge in [-0.2, -0.15) is 0 Å². The second kappa shape index (κ2) is 3.81. The first-order valence-electron chi connectivity index (χ1n) is 3.95. The molecular formula is C8H14N2S. The van der Waals surface area contributed by atoms with E-state index in [1.54, 1.807) is 11.8 Å². The quantitative estimate of drug-likeness (QED) is 0.624. The van der Waals surface area contributed by atoms with E-state index in [-0.39, 0.29) is 0 Å². The third kappa shape index (κ3) is 1.99. The maximum Gasteiger partial charge on any atom is 0.0468 e. The molecule has 3 N–H and O–H groups in total. The highest BCUT2D eigenvalue weighted by atomic mass is 32.2. The third-order valence-electron chi connectivity index (χ3n) is 1.76. The van der Waals surface area contributed by atoms with Crippen LogP contribution < -0.4 is 5.73 Å². The summed E-state index contributed by atoms with van der Waals surface area (Å²) < 4.78 is 0. The Morgan fingerprint density at radius 1 is 1.73 bits per heavy atom. The predicted octanol–water partition coefficient (Wildman–Crippen LogP) is 2.11. The molecule has 0 atom stereocenters. The molecule has 0 aromatic carbocycles. The lowest BCUT2D eigenvalue weighted by atomic mass is 10.2. The Bertz CT molecular complexity index is 196. The van der Waals surface area contributed by atoms with Crippen molar-refractivity contribution in [2.75, 3.05) is 5.75 Å². The maximum absolute atomic E-state index is 7.60. The minimum Gasteiger partial charge on any atom is -0.401 e. The van der Waals surface area contributed by atoms with Crippen molar-refractivity contribution in [1.29, 1.82) is 5.41 Å². The molecule has 0 aromatic heterocycles. The van der Waals surface area contributed by atoms with Crippen LogP contribution in [-0.4, -0.2) is 11.5 Å². The summed E-state index contributed by atoms with van der Waals surface area (Å²) in [5.74, 6) is 1.12. The highest BCUT2D eigenvalue weighted by Gasteiger charge is 2.13. The molecule has 1 aliphatic heterocycles. The van der Waals surface area contributed by atoms with E-state index in [9.17, 15) is 0 Å². The van der Waals surface area contributed by atoms with E-state index < -0.39 is 0 Å². The van der Waals surface area contributed by atoms with E-state index in [4.69, 9.17) is 11.1 Å². The molecule has 1 aliphatic rings. The van der Waals surface area contributed by atoms with Crippen LogP contribution >= 0.6 is 11.8 Å². The monoisotopic (exact) mass is 170 g/mol. The number of allylic oxidation sites excluding steroid dienone is 2. The molecule has 2 nitrogen and oxygen atoms in total. The van der Waals surface area contributed by atoms with Crippen LogP contribution in [0.15, 0.2) is 10.6 Å². The second-order valence-electron chi connectivity index (χ2n) is 2.64. The number of nitrogens with two attached hydrogens (primary N) is 1. The Hall–Kier alpha value is -0.440. The standard InChI is InChI=1S/C8H14N2S/c1-2-6(9)8-7(10)4-3-5-11-8/h9H,2-5,10H2,1H3. The molecule has 0 saturated heterocycles. The number of hydrogen-bond acceptors (Lipinski definition) is 3. The average Bonchev–Trinajstić information content (AvgIpc) is 2.04. The smallest absolute Gasteiger partial charge is 0.0468 e. The molecular weight excluding hydrogens is 156 g/mol. The maximum atomic E-state index is 7.60. The van der Waals surface area contributed by atoms with Gasteiger partial charge in [0.25, 0.3) is 0 Å². The van der Waals surface area contributed by atoms with Crippen molar-refractivity contribution in [3.63, 3.8) is 0 Å². The van der Waals surface area contributed by atoms with Gasteiger partial charge < -0.3 is 11.1 Å². The summed E-state index contributed by atoms with van der Waals surface area (Å²) in [6.07, 6.45) is 2.94. The van der Waals surface area contributed by atoms with E-state index in [2.05, 4.69) is 0 Å². The van der Waals surface area contributed by atoms with Gasteiger partial charge in [-0.3, -0.25) is 0 Å². The molecule has 0 radical (unpaired) electrons. The van der Waals surface area contributed by atoms with Gasteiger partial charge in [0.1, 0.15) is 0 Å². The molecule has 1 heterocycles. The Balaban J connectivity index is 2.74. The Labute approximate surface area is 71.7 Å². The van der Waals surface area contributed by atoms with E-state index in [1.807, 2.05) is 6.92 Å². The Morgan fingerprint density at radius 2 is 2.45 bits per heavy atom. The second-order valence-corrected chi connectivity index (χ2v) is 3.74. The van der Waals surface area contributed by atoms with Crippen LogP contribution in [0.3, 0.4) is 0 Å². The number of nitrogens with one attached hydrogen (secondary N) is 1. The summed E-state index contributed by atoms with van der Waals surface area (Å²) in [7, 11) is 0. The first-order valence-corrected chi connectivity index (χ1v) is 4.93. The van der Waals surface area contributed by atoms with Crippen molar-refractivity contribution in [3.05, 3.63) is 10.6 Å². The lowest BCUT2D eigenvalue weighted by Gasteiger charge is -2.16. The fourth-order valence-electron chi connectivity index (χ4n) is 1.08. The summed E-state index contributed by atoms with van der Waals surface area (Å²) in [5.41, 5.74) is 7.40. The highest BCUT2D eigenvalue weighted by molar-refractivity contribution is 8.04. The Morgan fingerprint density at radius 3 is 3.00 bits per heavy atom. The van der Waals surface area contributed by atoms with Crippen molar-refractivity contribution in [2.45, 2.75) is 26.2 Å². The van der Waals surface area contributed by atoms with E-state index >= 15 is 0 Å². The van der Waals surface area contributed by atoms with Crippen LogP contribution in [0.4, 0.5) is 0 Å². The molecule has 0 unspecified atom stereocenters. The zero-order valence-corrected chi connectivity index (χ0v) is 7.63. The zero-order valence-electron chi connectivity index (χ0n) is 6.81. The lowest BCUT2D eigenvalue weighted by molar-refractivity contribution is 0.890. The van der Waals surface area contributed by atoms with Crippen molar-refractivity contribution in [2.24, 2.45) is 5.73 Å². The highest BCUT2D eigenvalue weighted by Crippen LogP contribution is 2.28. The third-order valence-corrected chi connectivity index (χ3v) is 3.05. The SMILES string of the molecule is CCC(=N)C1=C(N)CCCS1. The molecule has 0 spiro atoms. The van der Waals surface area contributed by atoms with Gasteiger partial charge in [0.2, 0.25) is 0 Å². The molecule has 0 bridgehead atoms. The van der Waals surface area contributed by atoms with Gasteiger partial charge in [-0.1, -0.05) is 6.92 Å². The molecule has 0 aliphatic carbocycles. The first kappa shape index (κ1) is 8.65. The topological polar surface area (TPSA) is 49.9 Å².